The van der Waals surface area contributed by atoms with Gasteiger partial charge in [-0.1, -0.05) is 158 Å². The standard InChI is InChI=1S/C48H40N2/c1-4-12-35(13-5-1)38-20-26-41(27-21-38)49(42-28-22-39(23-29-42)36-14-6-2-7-15-36)44-32-33-46-45-18-10-11-19-47(45)50(48(46)34-44)43-30-24-40(25-31-43)37-16-8-3-9-17-37/h1-22,24-26,28,30-34,41,45,47H,23,27,29H2. The highest BCUT2D eigenvalue weighted by Gasteiger charge is 2.38. The zero-order valence-corrected chi connectivity index (χ0v) is 28.1. The van der Waals surface area contributed by atoms with Crippen LogP contribution in [0, 0.1) is 0 Å². The zero-order chi connectivity index (χ0) is 33.3. The van der Waals surface area contributed by atoms with Gasteiger partial charge in [0.15, 0.2) is 0 Å². The smallest absolute Gasteiger partial charge is 0.0629 e. The first kappa shape index (κ1) is 30.2. The van der Waals surface area contributed by atoms with E-state index in [0.717, 1.165) is 19.3 Å². The third kappa shape index (κ3) is 5.67. The lowest BCUT2D eigenvalue weighted by atomic mass is 9.90. The molecule has 0 saturated heterocycles. The van der Waals surface area contributed by atoms with Gasteiger partial charge in [-0.3, -0.25) is 0 Å². The summed E-state index contributed by atoms with van der Waals surface area (Å²) in [5.41, 5.74) is 14.3. The summed E-state index contributed by atoms with van der Waals surface area (Å²) in [6.45, 7) is 0. The van der Waals surface area contributed by atoms with Gasteiger partial charge in [0.1, 0.15) is 0 Å². The number of rotatable bonds is 7. The van der Waals surface area contributed by atoms with E-state index in [9.17, 15) is 0 Å². The van der Waals surface area contributed by atoms with Gasteiger partial charge >= 0.3 is 0 Å². The number of hydrogen-bond acceptors (Lipinski definition) is 2. The molecular formula is C48H40N2. The molecule has 3 atom stereocenters. The van der Waals surface area contributed by atoms with Gasteiger partial charge in [0.05, 0.1) is 12.1 Å². The Kier molecular flexibility index (Phi) is 7.99. The average molecular weight is 645 g/mol. The lowest BCUT2D eigenvalue weighted by Crippen LogP contribution is -2.34. The molecule has 3 aliphatic carbocycles. The van der Waals surface area contributed by atoms with Gasteiger partial charge in [-0.25, -0.2) is 0 Å². The van der Waals surface area contributed by atoms with Crippen molar-refractivity contribution < 1.29 is 0 Å². The van der Waals surface area contributed by atoms with Crippen LogP contribution < -0.4 is 9.80 Å². The Morgan fingerprint density at radius 2 is 1.26 bits per heavy atom. The quantitative estimate of drug-likeness (QED) is 0.174. The molecule has 0 spiro atoms. The second-order valence-electron chi connectivity index (χ2n) is 13.6. The third-order valence-electron chi connectivity index (χ3n) is 10.7. The lowest BCUT2D eigenvalue weighted by Gasteiger charge is -2.37. The van der Waals surface area contributed by atoms with Crippen LogP contribution in [-0.4, -0.2) is 12.1 Å². The van der Waals surface area contributed by atoms with E-state index in [1.54, 1.807) is 0 Å². The Labute approximate surface area is 296 Å². The van der Waals surface area contributed by atoms with Gasteiger partial charge in [-0.05, 0) is 88.6 Å². The van der Waals surface area contributed by atoms with Gasteiger partial charge in [0.25, 0.3) is 0 Å². The highest BCUT2D eigenvalue weighted by molar-refractivity contribution is 5.81. The third-order valence-corrected chi connectivity index (χ3v) is 10.7. The molecule has 2 nitrogen and oxygen atoms in total. The molecule has 0 aromatic heterocycles. The maximum absolute atomic E-state index is 2.61. The summed E-state index contributed by atoms with van der Waals surface area (Å²) < 4.78 is 0. The summed E-state index contributed by atoms with van der Waals surface area (Å²) in [7, 11) is 0. The summed E-state index contributed by atoms with van der Waals surface area (Å²) in [4.78, 5) is 5.17. The molecule has 0 fully saturated rings. The number of fused-ring (bicyclic) bond motifs is 3. The number of anilines is 3. The van der Waals surface area contributed by atoms with Crippen molar-refractivity contribution in [2.24, 2.45) is 0 Å². The Hall–Kier alpha value is -5.86. The van der Waals surface area contributed by atoms with Crippen molar-refractivity contribution in [1.82, 2.24) is 0 Å². The Balaban J connectivity index is 1.11. The summed E-state index contributed by atoms with van der Waals surface area (Å²) in [5, 5.41) is 0. The highest BCUT2D eigenvalue weighted by atomic mass is 15.2. The van der Waals surface area contributed by atoms with E-state index in [2.05, 4.69) is 198 Å². The topological polar surface area (TPSA) is 6.48 Å². The normalized spacial score (nSPS) is 20.4. The highest BCUT2D eigenvalue weighted by Crippen LogP contribution is 2.50. The predicted octanol–water partition coefficient (Wildman–Crippen LogP) is 12.1. The van der Waals surface area contributed by atoms with Crippen LogP contribution in [0.5, 0.6) is 0 Å². The van der Waals surface area contributed by atoms with Crippen molar-refractivity contribution >= 4 is 28.2 Å². The van der Waals surface area contributed by atoms with Crippen LogP contribution in [0.4, 0.5) is 17.1 Å². The minimum Gasteiger partial charge on any atom is -0.338 e. The fourth-order valence-electron chi connectivity index (χ4n) is 8.15. The van der Waals surface area contributed by atoms with Crippen LogP contribution in [0.2, 0.25) is 0 Å². The van der Waals surface area contributed by atoms with E-state index < -0.39 is 0 Å². The van der Waals surface area contributed by atoms with Crippen LogP contribution in [0.25, 0.3) is 22.3 Å². The second kappa shape index (κ2) is 13.2. The first-order valence-electron chi connectivity index (χ1n) is 17.9. The summed E-state index contributed by atoms with van der Waals surface area (Å²) in [6, 6.07) is 49.0. The predicted molar refractivity (Wildman–Crippen MR) is 211 cm³/mol. The minimum absolute atomic E-state index is 0.223. The summed E-state index contributed by atoms with van der Waals surface area (Å²) in [5.74, 6) is 0.322. The van der Waals surface area contributed by atoms with Gasteiger partial charge in [0.2, 0.25) is 0 Å². The maximum Gasteiger partial charge on any atom is 0.0629 e. The number of allylic oxidation sites excluding steroid dienone is 8. The van der Waals surface area contributed by atoms with E-state index in [1.165, 1.54) is 61.7 Å². The zero-order valence-electron chi connectivity index (χ0n) is 28.1. The number of nitrogens with zero attached hydrogens (tertiary/aromatic N) is 2. The molecule has 0 N–H and O–H groups in total. The monoisotopic (exact) mass is 644 g/mol. The first-order chi connectivity index (χ1) is 24.8. The largest absolute Gasteiger partial charge is 0.338 e. The van der Waals surface area contributed by atoms with Crippen molar-refractivity contribution in [3.05, 3.63) is 211 Å². The molecule has 242 valence electrons. The van der Waals surface area contributed by atoms with Crippen LogP contribution >= 0.6 is 0 Å². The van der Waals surface area contributed by atoms with Crippen molar-refractivity contribution in [2.75, 3.05) is 9.80 Å². The molecule has 4 aliphatic rings. The van der Waals surface area contributed by atoms with Crippen LogP contribution in [-0.2, 0) is 0 Å². The second-order valence-corrected chi connectivity index (χ2v) is 13.6. The Bertz CT molecular complexity index is 2180. The number of hydrogen-bond donors (Lipinski definition) is 0. The van der Waals surface area contributed by atoms with E-state index in [1.807, 2.05) is 0 Å². The average Bonchev–Trinajstić information content (AvgIpc) is 3.53. The molecule has 0 amide bonds. The van der Waals surface area contributed by atoms with E-state index in [0.29, 0.717) is 5.92 Å². The van der Waals surface area contributed by atoms with Gasteiger partial charge < -0.3 is 9.80 Å². The molecule has 50 heavy (non-hydrogen) atoms. The molecule has 5 aromatic rings. The molecule has 0 bridgehead atoms. The Morgan fingerprint density at radius 1 is 0.580 bits per heavy atom. The SMILES string of the molecule is C1=CC2c3ccc(N(C4=CC=C(c5ccccc5)CC4)C4C=CC(c5ccccc5)=CC4)cc3N(c3ccc(-c4ccccc4)cc3)C2C=C1. The fourth-order valence-corrected chi connectivity index (χ4v) is 8.15. The molecular weight excluding hydrogens is 605 g/mol. The maximum atomic E-state index is 2.61. The lowest BCUT2D eigenvalue weighted by molar-refractivity contribution is 0.724. The van der Waals surface area contributed by atoms with Crippen molar-refractivity contribution in [1.29, 1.82) is 0 Å². The molecule has 0 radical (unpaired) electrons. The molecule has 1 heterocycles. The summed E-state index contributed by atoms with van der Waals surface area (Å²) in [6.07, 6.45) is 24.0. The molecule has 5 aromatic carbocycles. The van der Waals surface area contributed by atoms with Crippen LogP contribution in [0.15, 0.2) is 194 Å². The molecule has 2 heteroatoms. The van der Waals surface area contributed by atoms with Crippen LogP contribution in [0.1, 0.15) is 41.9 Å². The van der Waals surface area contributed by atoms with Crippen molar-refractivity contribution in [3.63, 3.8) is 0 Å². The van der Waals surface area contributed by atoms with Gasteiger partial charge in [0, 0.05) is 28.7 Å². The summed E-state index contributed by atoms with van der Waals surface area (Å²) >= 11 is 0. The molecule has 1 aliphatic heterocycles. The van der Waals surface area contributed by atoms with Gasteiger partial charge in [-0.2, -0.15) is 0 Å². The molecule has 3 unspecified atom stereocenters. The van der Waals surface area contributed by atoms with E-state index in [-0.39, 0.29) is 12.1 Å². The van der Waals surface area contributed by atoms with Crippen molar-refractivity contribution in [3.8, 4) is 11.1 Å². The van der Waals surface area contributed by atoms with E-state index in [4.69, 9.17) is 0 Å². The molecule has 0 saturated carbocycles. The Morgan fingerprint density at radius 3 is 1.94 bits per heavy atom. The van der Waals surface area contributed by atoms with Gasteiger partial charge in [-0.15, -0.1) is 0 Å². The van der Waals surface area contributed by atoms with Crippen molar-refractivity contribution in [2.45, 2.75) is 37.3 Å². The number of benzene rings is 5. The molecule has 9 rings (SSSR count). The van der Waals surface area contributed by atoms with Crippen LogP contribution in [0.3, 0.4) is 0 Å². The minimum atomic E-state index is 0.223. The van der Waals surface area contributed by atoms with E-state index >= 15 is 0 Å². The fraction of sp³-hybridized carbons (Fsp3) is 0.125. The first-order valence-corrected chi connectivity index (χ1v) is 17.9.